The molecule has 2 saturated heterocycles. The fraction of sp³-hybridized carbons (Fsp3) is 0.688. The average Bonchev–Trinajstić information content (AvgIpc) is 2.46. The van der Waals surface area contributed by atoms with Gasteiger partial charge in [-0.05, 0) is 39.3 Å². The lowest BCUT2D eigenvalue weighted by Gasteiger charge is -2.42. The molecule has 1 atom stereocenters. The van der Waals surface area contributed by atoms with Crippen LogP contribution in [0.15, 0.2) is 6.07 Å². The first kappa shape index (κ1) is 15.2. The van der Waals surface area contributed by atoms with Crippen LogP contribution in [0, 0.1) is 6.92 Å². The van der Waals surface area contributed by atoms with Crippen molar-refractivity contribution in [2.75, 3.05) is 38.5 Å². The van der Waals surface area contributed by atoms with Gasteiger partial charge in [-0.15, -0.1) is 0 Å². The summed E-state index contributed by atoms with van der Waals surface area (Å²) in [6.07, 6.45) is 4.72. The molecular weight excluding hydrogens is 278 g/mol. The van der Waals surface area contributed by atoms with Crippen LogP contribution in [0.3, 0.4) is 0 Å². The maximum atomic E-state index is 12.5. The fourth-order valence-electron chi connectivity index (χ4n) is 3.28. The maximum Gasteiger partial charge on any atom is 0.237 e. The van der Waals surface area contributed by atoms with Crippen LogP contribution in [0.2, 0.25) is 0 Å². The minimum Gasteiger partial charge on any atom is -0.373 e. The number of hydrogen-bond acceptors (Lipinski definition) is 5. The summed E-state index contributed by atoms with van der Waals surface area (Å²) in [5.74, 6) is 1.80. The van der Waals surface area contributed by atoms with Gasteiger partial charge in [0.05, 0.1) is 18.3 Å². The van der Waals surface area contributed by atoms with E-state index >= 15 is 0 Å². The Labute approximate surface area is 131 Å². The van der Waals surface area contributed by atoms with Gasteiger partial charge < -0.3 is 10.2 Å². The number of likely N-dealkylation sites (tertiary alicyclic amines) is 2. The first-order valence-electron chi connectivity index (χ1n) is 8.22. The van der Waals surface area contributed by atoms with Gasteiger partial charge in [-0.1, -0.05) is 6.42 Å². The maximum absolute atomic E-state index is 12.5. The van der Waals surface area contributed by atoms with E-state index in [1.165, 1.54) is 19.3 Å². The number of aryl methyl sites for hydroxylation is 1. The number of rotatable bonds is 4. The second kappa shape index (κ2) is 6.60. The monoisotopic (exact) mass is 303 g/mol. The van der Waals surface area contributed by atoms with Crippen molar-refractivity contribution in [2.24, 2.45) is 0 Å². The first-order valence-corrected chi connectivity index (χ1v) is 8.22. The van der Waals surface area contributed by atoms with Crippen molar-refractivity contribution in [3.05, 3.63) is 17.6 Å². The molecule has 0 saturated carbocycles. The molecule has 3 heterocycles. The van der Waals surface area contributed by atoms with E-state index in [4.69, 9.17) is 0 Å². The average molecular weight is 303 g/mol. The molecular formula is C16H25N5O. The standard InChI is InChI=1S/C16H25N5O/c1-12-18-13(10-15(17-2)19-12)14-6-9-21(14)16(22)11-20-7-4-3-5-8-20/h10,14H,3-9,11H2,1-2H3,(H,17,18,19)/t14-/m1/s1. The summed E-state index contributed by atoms with van der Waals surface area (Å²) in [5, 5.41) is 3.06. The lowest BCUT2D eigenvalue weighted by molar-refractivity contribution is -0.140. The lowest BCUT2D eigenvalue weighted by Crippen LogP contribution is -2.50. The molecule has 2 aliphatic heterocycles. The number of carbonyl (C=O) groups is 1. The molecule has 1 N–H and O–H groups in total. The van der Waals surface area contributed by atoms with E-state index in [0.29, 0.717) is 6.54 Å². The SMILES string of the molecule is CNc1cc([C@H]2CCN2C(=O)CN2CCCCC2)nc(C)n1. The molecule has 0 aromatic carbocycles. The highest BCUT2D eigenvalue weighted by atomic mass is 16.2. The van der Waals surface area contributed by atoms with Crippen molar-refractivity contribution in [1.29, 1.82) is 0 Å². The summed E-state index contributed by atoms with van der Waals surface area (Å²) < 4.78 is 0. The third kappa shape index (κ3) is 3.21. The molecule has 0 spiro atoms. The summed E-state index contributed by atoms with van der Waals surface area (Å²) in [6.45, 7) is 5.40. The van der Waals surface area contributed by atoms with Crippen molar-refractivity contribution in [3.63, 3.8) is 0 Å². The number of anilines is 1. The number of aromatic nitrogens is 2. The Balaban J connectivity index is 1.65. The van der Waals surface area contributed by atoms with Crippen LogP contribution >= 0.6 is 0 Å². The molecule has 1 amide bonds. The first-order chi connectivity index (χ1) is 10.7. The lowest BCUT2D eigenvalue weighted by atomic mass is 9.98. The number of piperidine rings is 1. The predicted molar refractivity (Wildman–Crippen MR) is 85.7 cm³/mol. The highest BCUT2D eigenvalue weighted by molar-refractivity contribution is 5.79. The highest BCUT2D eigenvalue weighted by Crippen LogP contribution is 2.33. The summed E-state index contributed by atoms with van der Waals surface area (Å²) >= 11 is 0. The van der Waals surface area contributed by atoms with Gasteiger partial charge in [0.1, 0.15) is 11.6 Å². The van der Waals surface area contributed by atoms with Gasteiger partial charge in [-0.25, -0.2) is 9.97 Å². The molecule has 3 rings (SSSR count). The van der Waals surface area contributed by atoms with E-state index in [2.05, 4.69) is 20.2 Å². The molecule has 6 heteroatoms. The van der Waals surface area contributed by atoms with E-state index in [-0.39, 0.29) is 11.9 Å². The number of nitrogens with zero attached hydrogens (tertiary/aromatic N) is 4. The number of nitrogens with one attached hydrogen (secondary N) is 1. The smallest absolute Gasteiger partial charge is 0.237 e. The zero-order valence-electron chi connectivity index (χ0n) is 13.5. The summed E-state index contributed by atoms with van der Waals surface area (Å²) in [5.41, 5.74) is 0.954. The van der Waals surface area contributed by atoms with Crippen LogP contribution in [-0.2, 0) is 4.79 Å². The van der Waals surface area contributed by atoms with Crippen LogP contribution in [0.5, 0.6) is 0 Å². The van der Waals surface area contributed by atoms with Gasteiger partial charge in [0.15, 0.2) is 0 Å². The molecule has 0 bridgehead atoms. The zero-order chi connectivity index (χ0) is 15.5. The normalized spacial score (nSPS) is 22.3. The largest absolute Gasteiger partial charge is 0.373 e. The van der Waals surface area contributed by atoms with Gasteiger partial charge in [0.25, 0.3) is 0 Å². The molecule has 22 heavy (non-hydrogen) atoms. The van der Waals surface area contributed by atoms with Crippen LogP contribution in [0.25, 0.3) is 0 Å². The molecule has 120 valence electrons. The van der Waals surface area contributed by atoms with Crippen LogP contribution in [0.4, 0.5) is 5.82 Å². The van der Waals surface area contributed by atoms with Gasteiger partial charge >= 0.3 is 0 Å². The number of amides is 1. The Kier molecular flexibility index (Phi) is 4.57. The molecule has 1 aromatic rings. The van der Waals surface area contributed by atoms with E-state index in [1.54, 1.807) is 0 Å². The Morgan fingerprint density at radius 3 is 2.68 bits per heavy atom. The van der Waals surface area contributed by atoms with Gasteiger partial charge in [0.2, 0.25) is 5.91 Å². The van der Waals surface area contributed by atoms with Crippen molar-refractivity contribution in [3.8, 4) is 0 Å². The van der Waals surface area contributed by atoms with Crippen LogP contribution < -0.4 is 5.32 Å². The Bertz CT molecular complexity index is 541. The summed E-state index contributed by atoms with van der Waals surface area (Å²) in [4.78, 5) is 25.6. The van der Waals surface area contributed by atoms with Crippen molar-refractivity contribution < 1.29 is 4.79 Å². The van der Waals surface area contributed by atoms with E-state index in [1.807, 2.05) is 24.9 Å². The Hall–Kier alpha value is -1.69. The molecule has 1 aromatic heterocycles. The topological polar surface area (TPSA) is 61.4 Å². The quantitative estimate of drug-likeness (QED) is 0.915. The van der Waals surface area contributed by atoms with E-state index in [0.717, 1.165) is 43.4 Å². The van der Waals surface area contributed by atoms with Crippen molar-refractivity contribution in [1.82, 2.24) is 19.8 Å². The highest BCUT2D eigenvalue weighted by Gasteiger charge is 2.35. The molecule has 2 fully saturated rings. The third-order valence-electron chi connectivity index (χ3n) is 4.60. The molecule has 2 aliphatic rings. The molecule has 0 unspecified atom stereocenters. The molecule has 6 nitrogen and oxygen atoms in total. The molecule has 0 aliphatic carbocycles. The van der Waals surface area contributed by atoms with E-state index < -0.39 is 0 Å². The van der Waals surface area contributed by atoms with Crippen molar-refractivity contribution >= 4 is 11.7 Å². The second-order valence-corrected chi connectivity index (χ2v) is 6.20. The minimum absolute atomic E-state index is 0.117. The second-order valence-electron chi connectivity index (χ2n) is 6.20. The fourth-order valence-corrected chi connectivity index (χ4v) is 3.28. The predicted octanol–water partition coefficient (Wildman–Crippen LogP) is 1.59. The third-order valence-corrected chi connectivity index (χ3v) is 4.60. The number of carbonyl (C=O) groups excluding carboxylic acids is 1. The van der Waals surface area contributed by atoms with Gasteiger partial charge in [-0.2, -0.15) is 0 Å². The van der Waals surface area contributed by atoms with Gasteiger partial charge in [0, 0.05) is 19.7 Å². The van der Waals surface area contributed by atoms with E-state index in [9.17, 15) is 4.79 Å². The van der Waals surface area contributed by atoms with Crippen molar-refractivity contribution in [2.45, 2.75) is 38.6 Å². The molecule has 0 radical (unpaired) electrons. The minimum atomic E-state index is 0.117. The Morgan fingerprint density at radius 1 is 1.27 bits per heavy atom. The summed E-state index contributed by atoms with van der Waals surface area (Å²) in [6, 6.07) is 2.07. The Morgan fingerprint density at radius 2 is 2.05 bits per heavy atom. The van der Waals surface area contributed by atoms with Crippen LogP contribution in [-0.4, -0.2) is 58.9 Å². The van der Waals surface area contributed by atoms with Crippen LogP contribution in [0.1, 0.15) is 43.2 Å². The zero-order valence-corrected chi connectivity index (χ0v) is 13.5. The number of hydrogen-bond donors (Lipinski definition) is 1. The van der Waals surface area contributed by atoms with Gasteiger partial charge in [-0.3, -0.25) is 9.69 Å². The summed E-state index contributed by atoms with van der Waals surface area (Å²) in [7, 11) is 1.85.